The number of nitrogens with one attached hydrogen (secondary N) is 2. The molecule has 0 aliphatic carbocycles. The van der Waals surface area contributed by atoms with Gasteiger partial charge in [-0.15, -0.1) is 12.4 Å². The molecule has 1 amide bonds. The van der Waals surface area contributed by atoms with Crippen molar-refractivity contribution in [3.05, 3.63) is 89.0 Å². The number of carbonyl (C=O) groups excluding carboxylic acids is 1. The van der Waals surface area contributed by atoms with Crippen LogP contribution in [0.1, 0.15) is 22.8 Å². The van der Waals surface area contributed by atoms with Gasteiger partial charge >= 0.3 is 0 Å². The molecule has 0 bridgehead atoms. The second-order valence-corrected chi connectivity index (χ2v) is 7.00. The highest BCUT2D eigenvalue weighted by Crippen LogP contribution is 2.32. The van der Waals surface area contributed by atoms with E-state index in [0.717, 1.165) is 11.6 Å². The van der Waals surface area contributed by atoms with E-state index in [1.165, 1.54) is 20.3 Å². The van der Waals surface area contributed by atoms with Crippen LogP contribution in [0.15, 0.2) is 60.7 Å². The van der Waals surface area contributed by atoms with Crippen molar-refractivity contribution in [3.8, 4) is 16.9 Å². The highest BCUT2D eigenvalue weighted by Gasteiger charge is 2.28. The van der Waals surface area contributed by atoms with E-state index >= 15 is 4.39 Å². The Kier molecular flexibility index (Phi) is 8.90. The molecule has 0 aromatic heterocycles. The molecule has 0 radical (unpaired) electrons. The van der Waals surface area contributed by atoms with Crippen LogP contribution in [0.2, 0.25) is 0 Å². The summed E-state index contributed by atoms with van der Waals surface area (Å²) in [6, 6.07) is 15.7. The Morgan fingerprint density at radius 3 is 2.21 bits per heavy atom. The van der Waals surface area contributed by atoms with Gasteiger partial charge in [-0.2, -0.15) is 0 Å². The van der Waals surface area contributed by atoms with Gasteiger partial charge in [-0.05, 0) is 35.4 Å². The van der Waals surface area contributed by atoms with E-state index in [1.54, 1.807) is 48.5 Å². The molecule has 0 saturated heterocycles. The summed E-state index contributed by atoms with van der Waals surface area (Å²) in [5.74, 6) is -1.91. The molecule has 0 aliphatic heterocycles. The second kappa shape index (κ2) is 11.4. The van der Waals surface area contributed by atoms with Crippen LogP contribution >= 0.6 is 12.4 Å². The predicted molar refractivity (Wildman–Crippen MR) is 125 cm³/mol. The summed E-state index contributed by atoms with van der Waals surface area (Å²) in [5.41, 5.74) is 6.88. The Hall–Kier alpha value is -3.49. The average molecular weight is 476 g/mol. The number of amidine groups is 1. The quantitative estimate of drug-likeness (QED) is 0.333. The van der Waals surface area contributed by atoms with E-state index in [9.17, 15) is 9.18 Å². The van der Waals surface area contributed by atoms with Crippen molar-refractivity contribution in [2.24, 2.45) is 5.73 Å². The van der Waals surface area contributed by atoms with Crippen LogP contribution < -0.4 is 15.8 Å². The van der Waals surface area contributed by atoms with Crippen molar-refractivity contribution in [3.63, 3.8) is 0 Å². The number of amides is 1. The summed E-state index contributed by atoms with van der Waals surface area (Å²) in [6.45, 7) is 0.109. The van der Waals surface area contributed by atoms with Crippen LogP contribution in [-0.4, -0.2) is 26.0 Å². The third kappa shape index (κ3) is 5.85. The van der Waals surface area contributed by atoms with Crippen molar-refractivity contribution in [2.45, 2.75) is 12.6 Å². The molecule has 174 valence electrons. The van der Waals surface area contributed by atoms with Crippen LogP contribution in [0.4, 0.5) is 8.78 Å². The third-order valence-corrected chi connectivity index (χ3v) is 5.00. The van der Waals surface area contributed by atoms with Gasteiger partial charge in [0.2, 0.25) is 0 Å². The molecule has 0 fully saturated rings. The van der Waals surface area contributed by atoms with Gasteiger partial charge in [0.1, 0.15) is 23.2 Å². The van der Waals surface area contributed by atoms with E-state index in [4.69, 9.17) is 20.6 Å². The topological polar surface area (TPSA) is 97.4 Å². The van der Waals surface area contributed by atoms with E-state index in [-0.39, 0.29) is 30.4 Å². The second-order valence-electron chi connectivity index (χ2n) is 7.00. The Balaban J connectivity index is 0.00000385. The number of ether oxygens (including phenoxy) is 2. The first-order valence-corrected chi connectivity index (χ1v) is 9.71. The highest BCUT2D eigenvalue weighted by molar-refractivity contribution is 5.94. The molecule has 0 heterocycles. The molecule has 3 rings (SSSR count). The smallest absolute Gasteiger partial charge is 0.254 e. The standard InChI is InChI=1S/C24H23F2N3O3.ClH/c1-31-17-9-7-15(8-10-17)18-11-12-19(25)20(21(18)26)22(32-2)24(30)29-13-14-3-5-16(6-4-14)23(27)28;/h3-12,22H,13H2,1-2H3,(H3,27,28)(H,29,30);1H. The summed E-state index contributed by atoms with van der Waals surface area (Å²) in [6.07, 6.45) is -1.48. The lowest BCUT2D eigenvalue weighted by molar-refractivity contribution is -0.131. The molecular weight excluding hydrogens is 452 g/mol. The van der Waals surface area contributed by atoms with Crippen LogP contribution in [0.3, 0.4) is 0 Å². The largest absolute Gasteiger partial charge is 0.497 e. The van der Waals surface area contributed by atoms with Crippen LogP contribution in [0.5, 0.6) is 5.75 Å². The van der Waals surface area contributed by atoms with Crippen molar-refractivity contribution < 1.29 is 23.0 Å². The molecule has 3 aromatic carbocycles. The highest BCUT2D eigenvalue weighted by atomic mass is 35.5. The number of benzene rings is 3. The summed E-state index contributed by atoms with van der Waals surface area (Å²) in [5, 5.41) is 10.0. The predicted octanol–water partition coefficient (Wildman–Crippen LogP) is 4.35. The Labute approximate surface area is 196 Å². The maximum atomic E-state index is 15.3. The van der Waals surface area contributed by atoms with Gasteiger partial charge in [-0.1, -0.05) is 36.4 Å². The maximum absolute atomic E-state index is 15.3. The molecule has 33 heavy (non-hydrogen) atoms. The number of nitrogen functional groups attached to an aromatic ring is 1. The number of hydrogen-bond acceptors (Lipinski definition) is 4. The number of nitrogens with two attached hydrogens (primary N) is 1. The lowest BCUT2D eigenvalue weighted by Crippen LogP contribution is -2.31. The van der Waals surface area contributed by atoms with Crippen molar-refractivity contribution in [2.75, 3.05) is 14.2 Å². The number of carbonyl (C=O) groups is 1. The minimum Gasteiger partial charge on any atom is -0.497 e. The molecule has 6 nitrogen and oxygen atoms in total. The molecule has 1 unspecified atom stereocenters. The zero-order chi connectivity index (χ0) is 23.3. The van der Waals surface area contributed by atoms with E-state index in [2.05, 4.69) is 5.32 Å². The number of rotatable bonds is 8. The molecule has 0 saturated carbocycles. The lowest BCUT2D eigenvalue weighted by Gasteiger charge is -2.19. The fourth-order valence-corrected chi connectivity index (χ4v) is 3.24. The summed E-state index contributed by atoms with van der Waals surface area (Å²) in [7, 11) is 2.73. The minimum atomic E-state index is -1.48. The number of methoxy groups -OCH3 is 2. The molecule has 1 atom stereocenters. The molecule has 0 aliphatic rings. The molecule has 4 N–H and O–H groups in total. The third-order valence-electron chi connectivity index (χ3n) is 5.00. The van der Waals surface area contributed by atoms with Crippen LogP contribution in [0.25, 0.3) is 11.1 Å². The van der Waals surface area contributed by atoms with Crippen molar-refractivity contribution >= 4 is 24.1 Å². The van der Waals surface area contributed by atoms with Gasteiger partial charge < -0.3 is 20.5 Å². The minimum absolute atomic E-state index is 0. The Morgan fingerprint density at radius 1 is 1.03 bits per heavy atom. The zero-order valence-electron chi connectivity index (χ0n) is 18.0. The fraction of sp³-hybridized carbons (Fsp3) is 0.167. The van der Waals surface area contributed by atoms with Gasteiger partial charge in [-0.25, -0.2) is 8.78 Å². The van der Waals surface area contributed by atoms with Crippen molar-refractivity contribution in [1.82, 2.24) is 5.32 Å². The summed E-state index contributed by atoms with van der Waals surface area (Å²) in [4.78, 5) is 12.7. The van der Waals surface area contributed by atoms with Gasteiger partial charge in [0.15, 0.2) is 6.10 Å². The van der Waals surface area contributed by atoms with E-state index < -0.39 is 29.2 Å². The van der Waals surface area contributed by atoms with Crippen LogP contribution in [-0.2, 0) is 16.1 Å². The number of halogens is 3. The van der Waals surface area contributed by atoms with Gasteiger partial charge in [0, 0.05) is 24.8 Å². The monoisotopic (exact) mass is 475 g/mol. The SMILES string of the molecule is COc1ccc(-c2ccc(F)c(C(OC)C(=O)NCc3ccc(C(=N)N)cc3)c2F)cc1.Cl. The first kappa shape index (κ1) is 25.8. The van der Waals surface area contributed by atoms with Crippen molar-refractivity contribution in [1.29, 1.82) is 5.41 Å². The van der Waals surface area contributed by atoms with E-state index in [1.807, 2.05) is 0 Å². The number of hydrogen-bond donors (Lipinski definition) is 3. The Bertz CT molecular complexity index is 1120. The first-order chi connectivity index (χ1) is 15.3. The lowest BCUT2D eigenvalue weighted by atomic mass is 9.98. The normalized spacial score (nSPS) is 11.3. The van der Waals surface area contributed by atoms with Gasteiger partial charge in [0.05, 0.1) is 12.7 Å². The summed E-state index contributed by atoms with van der Waals surface area (Å²) >= 11 is 0. The van der Waals surface area contributed by atoms with Crippen LogP contribution in [0, 0.1) is 17.0 Å². The molecule has 3 aromatic rings. The first-order valence-electron chi connectivity index (χ1n) is 9.71. The van der Waals surface area contributed by atoms with E-state index in [0.29, 0.717) is 16.9 Å². The zero-order valence-corrected chi connectivity index (χ0v) is 18.8. The summed E-state index contributed by atoms with van der Waals surface area (Å²) < 4.78 is 40.2. The van der Waals surface area contributed by atoms with Gasteiger partial charge in [0.25, 0.3) is 5.91 Å². The molecular formula is C24H24ClF2N3O3. The fourth-order valence-electron chi connectivity index (χ4n) is 3.24. The van der Waals surface area contributed by atoms with Gasteiger partial charge in [-0.3, -0.25) is 10.2 Å². The average Bonchev–Trinajstić information content (AvgIpc) is 2.80. The Morgan fingerprint density at radius 2 is 1.67 bits per heavy atom. The molecule has 9 heteroatoms. The molecule has 0 spiro atoms. The maximum Gasteiger partial charge on any atom is 0.254 e.